The van der Waals surface area contributed by atoms with Crippen molar-refractivity contribution in [2.75, 3.05) is 24.4 Å². The van der Waals surface area contributed by atoms with Crippen molar-refractivity contribution in [3.05, 3.63) is 59.0 Å². The molecule has 8 nitrogen and oxygen atoms in total. The molecule has 0 saturated heterocycles. The van der Waals surface area contributed by atoms with Crippen LogP contribution in [0, 0.1) is 0 Å². The van der Waals surface area contributed by atoms with Crippen molar-refractivity contribution < 1.29 is 23.8 Å². The molecule has 0 unspecified atom stereocenters. The first-order valence-corrected chi connectivity index (χ1v) is 8.85. The summed E-state index contributed by atoms with van der Waals surface area (Å²) in [6, 6.07) is 13.8. The molecule has 1 aromatic heterocycles. The summed E-state index contributed by atoms with van der Waals surface area (Å²) in [5.74, 6) is -1.05. The highest BCUT2D eigenvalue weighted by molar-refractivity contribution is 5.96. The van der Waals surface area contributed by atoms with Gasteiger partial charge in [-0.25, -0.2) is 4.79 Å². The fourth-order valence-electron chi connectivity index (χ4n) is 2.95. The van der Waals surface area contributed by atoms with Crippen LogP contribution in [0.15, 0.2) is 57.7 Å². The molecule has 0 aliphatic carbocycles. The number of carbonyl (C=O) groups excluding carboxylic acids is 1. The Hall–Kier alpha value is -3.81. The minimum atomic E-state index is -1.05. The predicted octanol–water partition coefficient (Wildman–Crippen LogP) is 3.37. The second kappa shape index (κ2) is 8.47. The van der Waals surface area contributed by atoms with E-state index in [4.69, 9.17) is 14.3 Å². The maximum Gasteiger partial charge on any atom is 0.338 e. The summed E-state index contributed by atoms with van der Waals surface area (Å²) >= 11 is 0. The van der Waals surface area contributed by atoms with Crippen LogP contribution in [0.1, 0.15) is 12.8 Å². The van der Waals surface area contributed by atoms with Crippen LogP contribution in [0.3, 0.4) is 0 Å². The molecule has 2 N–H and O–H groups in total. The molecule has 0 spiro atoms. The molecule has 29 heavy (non-hydrogen) atoms. The molecule has 0 bridgehead atoms. The van der Waals surface area contributed by atoms with Gasteiger partial charge >= 0.3 is 11.6 Å². The lowest BCUT2D eigenvalue weighted by atomic mass is 10.1. The van der Waals surface area contributed by atoms with Crippen molar-refractivity contribution >= 4 is 39.9 Å². The molecule has 1 heterocycles. The Labute approximate surface area is 166 Å². The van der Waals surface area contributed by atoms with Gasteiger partial charge in [0.1, 0.15) is 11.3 Å². The largest absolute Gasteiger partial charge is 0.495 e. The van der Waals surface area contributed by atoms with E-state index in [9.17, 15) is 14.4 Å². The number of ether oxygens (including phenoxy) is 1. The lowest BCUT2D eigenvalue weighted by Crippen LogP contribution is -2.16. The molecule has 2 aromatic carbocycles. The number of benzene rings is 2. The fraction of sp³-hybridized carbons (Fsp3) is 0.190. The zero-order valence-electron chi connectivity index (χ0n) is 16.0. The molecule has 0 fully saturated rings. The van der Waals surface area contributed by atoms with Crippen LogP contribution in [0.25, 0.3) is 11.0 Å². The smallest absolute Gasteiger partial charge is 0.338 e. The molecular weight excluding hydrogens is 376 g/mol. The van der Waals surface area contributed by atoms with Crippen molar-refractivity contribution in [3.8, 4) is 5.75 Å². The summed E-state index contributed by atoms with van der Waals surface area (Å²) in [6.07, 6.45) is -0.414. The van der Waals surface area contributed by atoms with E-state index in [0.29, 0.717) is 28.4 Å². The van der Waals surface area contributed by atoms with E-state index in [2.05, 4.69) is 5.32 Å². The van der Waals surface area contributed by atoms with Gasteiger partial charge in [0.2, 0.25) is 5.91 Å². The lowest BCUT2D eigenvalue weighted by molar-refractivity contribution is -0.138. The van der Waals surface area contributed by atoms with E-state index in [1.54, 1.807) is 42.3 Å². The number of hydrogen-bond donors (Lipinski definition) is 2. The first-order chi connectivity index (χ1) is 13.9. The normalized spacial score (nSPS) is 10.6. The molecule has 1 amide bonds. The van der Waals surface area contributed by atoms with E-state index in [0.717, 1.165) is 5.39 Å². The molecule has 0 aliphatic rings. The number of amides is 1. The van der Waals surface area contributed by atoms with Crippen molar-refractivity contribution in [2.24, 2.45) is 0 Å². The van der Waals surface area contributed by atoms with Gasteiger partial charge in [-0.1, -0.05) is 12.1 Å². The van der Waals surface area contributed by atoms with Crippen LogP contribution in [0.4, 0.5) is 17.1 Å². The molecule has 0 atom stereocenters. The van der Waals surface area contributed by atoms with E-state index >= 15 is 0 Å². The van der Waals surface area contributed by atoms with Crippen LogP contribution in [-0.4, -0.2) is 31.1 Å². The number of anilines is 3. The van der Waals surface area contributed by atoms with Gasteiger partial charge in [0, 0.05) is 30.6 Å². The van der Waals surface area contributed by atoms with E-state index in [1.165, 1.54) is 13.2 Å². The molecule has 3 aromatic rings. The number of para-hydroxylation sites is 1. The molecule has 8 heteroatoms. The van der Waals surface area contributed by atoms with Crippen molar-refractivity contribution in [3.63, 3.8) is 0 Å². The number of methoxy groups -OCH3 is 1. The summed E-state index contributed by atoms with van der Waals surface area (Å²) in [4.78, 5) is 36.5. The minimum Gasteiger partial charge on any atom is -0.495 e. The Morgan fingerprint density at radius 1 is 1.14 bits per heavy atom. The SMILES string of the molecule is COc1ccc(N(C)c2cc(=O)oc3ccccc23)cc1NC(=O)CCC(=O)O. The van der Waals surface area contributed by atoms with E-state index in [-0.39, 0.29) is 12.8 Å². The Balaban J connectivity index is 1.96. The monoisotopic (exact) mass is 396 g/mol. The maximum atomic E-state index is 12.1. The maximum absolute atomic E-state index is 12.1. The topological polar surface area (TPSA) is 109 Å². The molecule has 0 saturated carbocycles. The van der Waals surface area contributed by atoms with Gasteiger partial charge in [0.15, 0.2) is 0 Å². The van der Waals surface area contributed by atoms with Crippen LogP contribution in [0.5, 0.6) is 5.75 Å². The molecule has 0 radical (unpaired) electrons. The summed E-state index contributed by atoms with van der Waals surface area (Å²) in [7, 11) is 3.26. The summed E-state index contributed by atoms with van der Waals surface area (Å²) < 4.78 is 10.5. The zero-order valence-corrected chi connectivity index (χ0v) is 16.0. The third-order valence-corrected chi connectivity index (χ3v) is 4.40. The Morgan fingerprint density at radius 3 is 2.62 bits per heavy atom. The highest BCUT2D eigenvalue weighted by atomic mass is 16.5. The number of hydrogen-bond acceptors (Lipinski definition) is 6. The number of rotatable bonds is 7. The zero-order chi connectivity index (χ0) is 21.0. The van der Waals surface area contributed by atoms with Gasteiger partial charge in [-0.2, -0.15) is 0 Å². The van der Waals surface area contributed by atoms with Gasteiger partial charge in [-0.3, -0.25) is 9.59 Å². The highest BCUT2D eigenvalue weighted by Crippen LogP contribution is 2.34. The van der Waals surface area contributed by atoms with Crippen molar-refractivity contribution in [1.82, 2.24) is 0 Å². The van der Waals surface area contributed by atoms with Gasteiger partial charge in [0.25, 0.3) is 0 Å². The van der Waals surface area contributed by atoms with E-state index < -0.39 is 17.5 Å². The molecular formula is C21H20N2O6. The van der Waals surface area contributed by atoms with Crippen LogP contribution < -0.4 is 20.6 Å². The van der Waals surface area contributed by atoms with Crippen molar-refractivity contribution in [2.45, 2.75) is 12.8 Å². The third kappa shape index (κ3) is 4.55. The average Bonchev–Trinajstić information content (AvgIpc) is 2.71. The molecule has 150 valence electrons. The fourth-order valence-corrected chi connectivity index (χ4v) is 2.95. The first-order valence-electron chi connectivity index (χ1n) is 8.85. The first kappa shape index (κ1) is 19.9. The van der Waals surface area contributed by atoms with Gasteiger partial charge < -0.3 is 24.5 Å². The summed E-state index contributed by atoms with van der Waals surface area (Å²) in [6.45, 7) is 0. The standard InChI is InChI=1S/C21H20N2O6/c1-23(16-12-21(27)29-17-6-4-3-5-14(16)17)13-7-8-18(28-2)15(11-13)22-19(24)9-10-20(25)26/h3-8,11-12H,9-10H2,1-2H3,(H,22,24)(H,25,26). The number of carboxylic acid groups (broad SMARTS) is 1. The third-order valence-electron chi connectivity index (χ3n) is 4.40. The quantitative estimate of drug-likeness (QED) is 0.589. The van der Waals surface area contributed by atoms with Crippen LogP contribution >= 0.6 is 0 Å². The highest BCUT2D eigenvalue weighted by Gasteiger charge is 2.15. The van der Waals surface area contributed by atoms with Gasteiger partial charge in [-0.05, 0) is 30.3 Å². The van der Waals surface area contributed by atoms with Crippen LogP contribution in [0.2, 0.25) is 0 Å². The second-order valence-corrected chi connectivity index (χ2v) is 6.33. The number of fused-ring (bicyclic) bond motifs is 1. The Bertz CT molecular complexity index is 1120. The number of nitrogens with one attached hydrogen (secondary N) is 1. The van der Waals surface area contributed by atoms with E-state index in [1.807, 2.05) is 12.1 Å². The number of nitrogens with zero attached hydrogens (tertiary/aromatic N) is 1. The lowest BCUT2D eigenvalue weighted by Gasteiger charge is -2.22. The predicted molar refractivity (Wildman–Crippen MR) is 109 cm³/mol. The molecule has 0 aliphatic heterocycles. The van der Waals surface area contributed by atoms with Crippen LogP contribution in [-0.2, 0) is 9.59 Å². The molecule has 3 rings (SSSR count). The Kier molecular flexibility index (Phi) is 5.82. The summed E-state index contributed by atoms with van der Waals surface area (Å²) in [5.41, 5.74) is 1.73. The number of carboxylic acids is 1. The second-order valence-electron chi connectivity index (χ2n) is 6.33. The van der Waals surface area contributed by atoms with Gasteiger partial charge in [-0.15, -0.1) is 0 Å². The minimum absolute atomic E-state index is 0.150. The number of aliphatic carboxylic acids is 1. The van der Waals surface area contributed by atoms with Gasteiger partial charge in [0.05, 0.1) is 24.9 Å². The Morgan fingerprint density at radius 2 is 1.90 bits per heavy atom. The number of carbonyl (C=O) groups is 2. The van der Waals surface area contributed by atoms with Crippen molar-refractivity contribution in [1.29, 1.82) is 0 Å². The summed E-state index contributed by atoms with van der Waals surface area (Å²) in [5, 5.41) is 12.2. The average molecular weight is 396 g/mol.